The van der Waals surface area contributed by atoms with Crippen molar-refractivity contribution in [2.75, 3.05) is 19.4 Å². The molecule has 2 rings (SSSR count). The molecule has 1 N–H and O–H groups in total. The van der Waals surface area contributed by atoms with Crippen molar-refractivity contribution in [3.63, 3.8) is 0 Å². The third-order valence-corrected chi connectivity index (χ3v) is 4.52. The molecule has 1 saturated heterocycles. The van der Waals surface area contributed by atoms with E-state index in [9.17, 15) is 4.79 Å². The molecule has 1 amide bonds. The largest absolute Gasteiger partial charge is 0.378 e. The quantitative estimate of drug-likeness (QED) is 0.850. The highest BCUT2D eigenvalue weighted by molar-refractivity contribution is 7.98. The van der Waals surface area contributed by atoms with E-state index in [2.05, 4.69) is 24.1 Å². The molecule has 1 fully saturated rings. The molecule has 1 aromatic heterocycles. The summed E-state index contributed by atoms with van der Waals surface area (Å²) in [5.74, 6) is 0.863. The maximum absolute atomic E-state index is 12.2. The lowest BCUT2D eigenvalue weighted by Gasteiger charge is -2.34. The molecule has 116 valence electrons. The number of hydrogen-bond donors (Lipinski definition) is 1. The Labute approximate surface area is 131 Å². The molecule has 0 bridgehead atoms. The summed E-state index contributed by atoms with van der Waals surface area (Å²) in [6.45, 7) is 5.88. The second kappa shape index (κ2) is 7.80. The van der Waals surface area contributed by atoms with Crippen LogP contribution in [0.2, 0.25) is 0 Å². The third kappa shape index (κ3) is 4.45. The summed E-state index contributed by atoms with van der Waals surface area (Å²) in [4.78, 5) is 16.4. The first kappa shape index (κ1) is 16.3. The average Bonchev–Trinajstić information content (AvgIpc) is 2.52. The van der Waals surface area contributed by atoms with Crippen molar-refractivity contribution in [2.45, 2.75) is 37.8 Å². The van der Waals surface area contributed by atoms with Gasteiger partial charge in [0.05, 0.1) is 11.1 Å². The van der Waals surface area contributed by atoms with Crippen LogP contribution < -0.4 is 5.32 Å². The summed E-state index contributed by atoms with van der Waals surface area (Å²) in [7, 11) is 0. The number of hydrogen-bond acceptors (Lipinski definition) is 4. The molecule has 2 atom stereocenters. The Hall–Kier alpha value is -1.07. The van der Waals surface area contributed by atoms with Crippen LogP contribution in [0, 0.1) is 11.8 Å². The zero-order valence-corrected chi connectivity index (χ0v) is 13.8. The van der Waals surface area contributed by atoms with Gasteiger partial charge in [0.15, 0.2) is 0 Å². The molecule has 4 nitrogen and oxygen atoms in total. The molecule has 2 heterocycles. The number of aromatic nitrogens is 1. The number of pyridine rings is 1. The lowest BCUT2D eigenvalue weighted by atomic mass is 9.87. The fourth-order valence-electron chi connectivity index (χ4n) is 2.81. The van der Waals surface area contributed by atoms with Crippen LogP contribution in [0.3, 0.4) is 0 Å². The number of carbonyl (C=O) groups is 1. The zero-order valence-electron chi connectivity index (χ0n) is 13.0. The standard InChI is InChI=1S/C16H24N2O2S/c1-11(2)15-13(5-4-8-20-15)10-18-16(19)12-6-7-17-14(9-12)21-3/h6-7,9,11,13,15H,4-5,8,10H2,1-3H3,(H,18,19)/t13-,15+/m0/s1. The highest BCUT2D eigenvalue weighted by Crippen LogP contribution is 2.25. The fraction of sp³-hybridized carbons (Fsp3) is 0.625. The first-order chi connectivity index (χ1) is 10.1. The second-order valence-corrected chi connectivity index (χ2v) is 6.61. The highest BCUT2D eigenvalue weighted by Gasteiger charge is 2.28. The zero-order chi connectivity index (χ0) is 15.2. The van der Waals surface area contributed by atoms with Crippen molar-refractivity contribution in [1.82, 2.24) is 10.3 Å². The topological polar surface area (TPSA) is 51.2 Å². The van der Waals surface area contributed by atoms with Gasteiger partial charge in [-0.15, -0.1) is 11.8 Å². The van der Waals surface area contributed by atoms with Crippen molar-refractivity contribution >= 4 is 17.7 Å². The van der Waals surface area contributed by atoms with Gasteiger partial charge in [-0.25, -0.2) is 4.98 Å². The van der Waals surface area contributed by atoms with Crippen LogP contribution >= 0.6 is 11.8 Å². The van der Waals surface area contributed by atoms with Gasteiger partial charge in [-0.05, 0) is 37.1 Å². The lowest BCUT2D eigenvalue weighted by Crippen LogP contribution is -2.41. The van der Waals surface area contributed by atoms with Crippen molar-refractivity contribution in [2.24, 2.45) is 11.8 Å². The van der Waals surface area contributed by atoms with Crippen molar-refractivity contribution in [3.05, 3.63) is 23.9 Å². The van der Waals surface area contributed by atoms with Gasteiger partial charge in [-0.1, -0.05) is 13.8 Å². The molecule has 1 aliphatic rings. The maximum Gasteiger partial charge on any atom is 0.251 e. The predicted molar refractivity (Wildman–Crippen MR) is 85.7 cm³/mol. The number of nitrogens with zero attached hydrogens (tertiary/aromatic N) is 1. The average molecular weight is 308 g/mol. The van der Waals surface area contributed by atoms with E-state index in [1.54, 1.807) is 12.3 Å². The molecule has 1 aromatic rings. The first-order valence-corrected chi connectivity index (χ1v) is 8.74. The number of ether oxygens (including phenoxy) is 1. The van der Waals surface area contributed by atoms with E-state index < -0.39 is 0 Å². The predicted octanol–water partition coefficient (Wildman–Crippen LogP) is 2.98. The van der Waals surface area contributed by atoms with E-state index in [0.29, 0.717) is 23.9 Å². The van der Waals surface area contributed by atoms with Crippen LogP contribution in [0.5, 0.6) is 0 Å². The number of thioether (sulfide) groups is 1. The van der Waals surface area contributed by atoms with Gasteiger partial charge in [0.25, 0.3) is 5.91 Å². The van der Waals surface area contributed by atoms with Gasteiger partial charge in [-0.2, -0.15) is 0 Å². The number of nitrogens with one attached hydrogen (secondary N) is 1. The molecule has 0 aromatic carbocycles. The molecule has 1 aliphatic heterocycles. The summed E-state index contributed by atoms with van der Waals surface area (Å²) in [6.07, 6.45) is 6.08. The van der Waals surface area contributed by atoms with Crippen molar-refractivity contribution < 1.29 is 9.53 Å². The van der Waals surface area contributed by atoms with Crippen LogP contribution in [0.15, 0.2) is 23.4 Å². The van der Waals surface area contributed by atoms with Gasteiger partial charge in [-0.3, -0.25) is 4.79 Å². The first-order valence-electron chi connectivity index (χ1n) is 7.51. The normalized spacial score (nSPS) is 22.3. The van der Waals surface area contributed by atoms with Gasteiger partial charge >= 0.3 is 0 Å². The molecule has 5 heteroatoms. The number of amides is 1. The molecular formula is C16H24N2O2S. The Bertz CT molecular complexity index is 479. The molecule has 0 unspecified atom stereocenters. The molecule has 0 radical (unpaired) electrons. The SMILES string of the molecule is CSc1cc(C(=O)NC[C@@H]2CCCO[C@@H]2C(C)C)ccn1. The van der Waals surface area contributed by atoms with Gasteiger partial charge in [0, 0.05) is 30.8 Å². The summed E-state index contributed by atoms with van der Waals surface area (Å²) < 4.78 is 5.86. The Morgan fingerprint density at radius 2 is 2.38 bits per heavy atom. The maximum atomic E-state index is 12.2. The minimum atomic E-state index is -0.0271. The van der Waals surface area contributed by atoms with Crippen LogP contribution in [-0.4, -0.2) is 36.4 Å². The van der Waals surface area contributed by atoms with E-state index in [0.717, 1.165) is 24.5 Å². The Balaban J connectivity index is 1.93. The summed E-state index contributed by atoms with van der Waals surface area (Å²) in [6, 6.07) is 3.59. The fourth-order valence-corrected chi connectivity index (χ4v) is 3.22. The second-order valence-electron chi connectivity index (χ2n) is 5.78. The highest BCUT2D eigenvalue weighted by atomic mass is 32.2. The van der Waals surface area contributed by atoms with E-state index in [4.69, 9.17) is 4.74 Å². The van der Waals surface area contributed by atoms with Crippen LogP contribution in [-0.2, 0) is 4.74 Å². The number of carbonyl (C=O) groups excluding carboxylic acids is 1. The number of rotatable bonds is 5. The lowest BCUT2D eigenvalue weighted by molar-refractivity contribution is -0.0510. The minimum Gasteiger partial charge on any atom is -0.378 e. The van der Waals surface area contributed by atoms with E-state index in [1.165, 1.54) is 11.8 Å². The van der Waals surface area contributed by atoms with Crippen LogP contribution in [0.25, 0.3) is 0 Å². The van der Waals surface area contributed by atoms with Crippen LogP contribution in [0.4, 0.5) is 0 Å². The summed E-state index contributed by atoms with van der Waals surface area (Å²) in [5.41, 5.74) is 0.673. The van der Waals surface area contributed by atoms with E-state index >= 15 is 0 Å². The molecular weight excluding hydrogens is 284 g/mol. The minimum absolute atomic E-state index is 0.0271. The Kier molecular flexibility index (Phi) is 6.06. The third-order valence-electron chi connectivity index (χ3n) is 3.88. The van der Waals surface area contributed by atoms with E-state index in [1.807, 2.05) is 12.3 Å². The smallest absolute Gasteiger partial charge is 0.251 e. The van der Waals surface area contributed by atoms with Gasteiger partial charge in [0.1, 0.15) is 0 Å². The molecule has 0 aliphatic carbocycles. The summed E-state index contributed by atoms with van der Waals surface area (Å²) in [5, 5.41) is 3.91. The monoisotopic (exact) mass is 308 g/mol. The van der Waals surface area contributed by atoms with Crippen molar-refractivity contribution in [3.8, 4) is 0 Å². The molecule has 0 spiro atoms. The molecule has 21 heavy (non-hydrogen) atoms. The van der Waals surface area contributed by atoms with E-state index in [-0.39, 0.29) is 12.0 Å². The Morgan fingerprint density at radius 3 is 3.10 bits per heavy atom. The van der Waals surface area contributed by atoms with Crippen molar-refractivity contribution in [1.29, 1.82) is 0 Å². The van der Waals surface area contributed by atoms with Crippen LogP contribution in [0.1, 0.15) is 37.0 Å². The van der Waals surface area contributed by atoms with Gasteiger partial charge < -0.3 is 10.1 Å². The van der Waals surface area contributed by atoms with Gasteiger partial charge in [0.2, 0.25) is 0 Å². The summed E-state index contributed by atoms with van der Waals surface area (Å²) >= 11 is 1.54. The molecule has 0 saturated carbocycles. The Morgan fingerprint density at radius 1 is 1.57 bits per heavy atom.